The van der Waals surface area contributed by atoms with Gasteiger partial charge in [0.1, 0.15) is 6.61 Å². The van der Waals surface area contributed by atoms with Gasteiger partial charge in [-0.15, -0.1) is 0 Å². The van der Waals surface area contributed by atoms with Crippen LogP contribution in [-0.4, -0.2) is 37.1 Å². The van der Waals surface area contributed by atoms with Gasteiger partial charge in [-0.1, -0.05) is 134 Å². The summed E-state index contributed by atoms with van der Waals surface area (Å²) in [6.45, 7) is 3.29. The molecular formula is C29H51NO4. The van der Waals surface area contributed by atoms with E-state index in [1.54, 1.807) is 0 Å². The van der Waals surface area contributed by atoms with Gasteiger partial charge >= 0.3 is 6.09 Å². The largest absolute Gasteiger partial charge is 0.445 e. The van der Waals surface area contributed by atoms with Gasteiger partial charge < -0.3 is 19.9 Å². The molecule has 0 saturated heterocycles. The van der Waals surface area contributed by atoms with Crippen LogP contribution >= 0.6 is 0 Å². The number of nitrogens with one attached hydrogen (secondary N) is 1. The van der Waals surface area contributed by atoms with Crippen LogP contribution in [0.15, 0.2) is 30.3 Å². The fourth-order valence-corrected chi connectivity index (χ4v) is 4.05. The zero-order valence-corrected chi connectivity index (χ0v) is 21.8. The van der Waals surface area contributed by atoms with E-state index in [0.29, 0.717) is 13.2 Å². The van der Waals surface area contributed by atoms with Crippen LogP contribution in [0.4, 0.5) is 4.79 Å². The third kappa shape index (κ3) is 18.8. The van der Waals surface area contributed by atoms with Crippen LogP contribution < -0.4 is 5.32 Å². The van der Waals surface area contributed by atoms with E-state index in [-0.39, 0.29) is 13.2 Å². The first-order chi connectivity index (χ1) is 16.8. The number of alkyl carbamates (subject to hydrolysis) is 1. The van der Waals surface area contributed by atoms with Crippen molar-refractivity contribution in [1.29, 1.82) is 0 Å². The van der Waals surface area contributed by atoms with Gasteiger partial charge in [-0.3, -0.25) is 0 Å². The van der Waals surface area contributed by atoms with E-state index in [1.165, 1.54) is 96.3 Å². The van der Waals surface area contributed by atoms with Crippen LogP contribution in [0.25, 0.3) is 0 Å². The molecule has 0 fully saturated rings. The highest BCUT2D eigenvalue weighted by molar-refractivity contribution is 5.67. The molecule has 0 aliphatic rings. The Balaban J connectivity index is 1.84. The lowest BCUT2D eigenvalue weighted by Crippen LogP contribution is -2.41. The average molecular weight is 478 g/mol. The first-order valence-electron chi connectivity index (χ1n) is 13.9. The van der Waals surface area contributed by atoms with Gasteiger partial charge in [0.2, 0.25) is 0 Å². The normalized spacial score (nSPS) is 11.9. The number of aliphatic hydroxyl groups excluding tert-OH is 1. The number of hydrogen-bond acceptors (Lipinski definition) is 4. The van der Waals surface area contributed by atoms with Gasteiger partial charge in [0.15, 0.2) is 0 Å². The molecule has 5 heteroatoms. The van der Waals surface area contributed by atoms with Gasteiger partial charge in [-0.25, -0.2) is 4.79 Å². The van der Waals surface area contributed by atoms with E-state index in [1.807, 2.05) is 30.3 Å². The molecule has 196 valence electrons. The number of unbranched alkanes of at least 4 members (excludes halogenated alkanes) is 15. The van der Waals surface area contributed by atoms with E-state index >= 15 is 0 Å². The molecule has 5 nitrogen and oxygen atoms in total. The quantitative estimate of drug-likeness (QED) is 0.160. The predicted octanol–water partition coefficient (Wildman–Crippen LogP) is 7.55. The molecule has 0 bridgehead atoms. The van der Waals surface area contributed by atoms with Gasteiger partial charge in [0, 0.05) is 6.61 Å². The fraction of sp³-hybridized carbons (Fsp3) is 0.759. The molecule has 0 aromatic heterocycles. The fourth-order valence-electron chi connectivity index (χ4n) is 4.05. The minimum absolute atomic E-state index is 0.167. The third-order valence-corrected chi connectivity index (χ3v) is 6.22. The molecule has 1 aromatic rings. The zero-order valence-electron chi connectivity index (χ0n) is 21.8. The van der Waals surface area contributed by atoms with Crippen molar-refractivity contribution in [3.8, 4) is 0 Å². The molecule has 0 saturated carbocycles. The van der Waals surface area contributed by atoms with Crippen molar-refractivity contribution < 1.29 is 19.4 Å². The SMILES string of the molecule is CCCCCCCCCCCCCCCCCCOC[C@H](CO)NC(=O)OCc1ccccc1. The summed E-state index contributed by atoms with van der Waals surface area (Å²) in [4.78, 5) is 11.9. The second kappa shape index (κ2) is 23.2. The molecule has 1 atom stereocenters. The van der Waals surface area contributed by atoms with Crippen LogP contribution in [0.1, 0.15) is 115 Å². The molecule has 0 aliphatic heterocycles. The van der Waals surface area contributed by atoms with Crippen molar-refractivity contribution in [2.75, 3.05) is 19.8 Å². The first-order valence-corrected chi connectivity index (χ1v) is 13.9. The highest BCUT2D eigenvalue weighted by Gasteiger charge is 2.12. The summed E-state index contributed by atoms with van der Waals surface area (Å²) in [6, 6.07) is 9.08. The second-order valence-electron chi connectivity index (χ2n) is 9.46. The van der Waals surface area contributed by atoms with Crippen LogP contribution in [-0.2, 0) is 16.1 Å². The van der Waals surface area contributed by atoms with Crippen molar-refractivity contribution >= 4 is 6.09 Å². The van der Waals surface area contributed by atoms with Gasteiger partial charge in [-0.05, 0) is 12.0 Å². The van der Waals surface area contributed by atoms with Crippen molar-refractivity contribution in [1.82, 2.24) is 5.32 Å². The Kier molecular flexibility index (Phi) is 20.7. The van der Waals surface area contributed by atoms with Crippen LogP contribution in [0.3, 0.4) is 0 Å². The Labute approximate surface area is 209 Å². The Morgan fingerprint density at radius 3 is 1.79 bits per heavy atom. The van der Waals surface area contributed by atoms with E-state index in [2.05, 4.69) is 12.2 Å². The lowest BCUT2D eigenvalue weighted by atomic mass is 10.0. The molecule has 0 aliphatic carbocycles. The molecule has 0 spiro atoms. The molecule has 2 N–H and O–H groups in total. The number of rotatable bonds is 23. The average Bonchev–Trinajstić information content (AvgIpc) is 2.86. The number of amides is 1. The number of benzene rings is 1. The molecular weight excluding hydrogens is 426 g/mol. The summed E-state index contributed by atoms with van der Waals surface area (Å²) in [7, 11) is 0. The molecule has 0 heterocycles. The van der Waals surface area contributed by atoms with Gasteiger partial charge in [-0.2, -0.15) is 0 Å². The lowest BCUT2D eigenvalue weighted by Gasteiger charge is -2.16. The van der Waals surface area contributed by atoms with E-state index in [0.717, 1.165) is 12.0 Å². The molecule has 1 aromatic carbocycles. The molecule has 34 heavy (non-hydrogen) atoms. The van der Waals surface area contributed by atoms with E-state index in [9.17, 15) is 9.90 Å². The number of ether oxygens (including phenoxy) is 2. The van der Waals surface area contributed by atoms with Gasteiger partial charge in [0.25, 0.3) is 0 Å². The van der Waals surface area contributed by atoms with Crippen LogP contribution in [0.5, 0.6) is 0 Å². The topological polar surface area (TPSA) is 67.8 Å². The van der Waals surface area contributed by atoms with Crippen LogP contribution in [0.2, 0.25) is 0 Å². The second-order valence-corrected chi connectivity index (χ2v) is 9.46. The maximum atomic E-state index is 11.9. The number of carbonyl (C=O) groups is 1. The number of aliphatic hydroxyl groups is 1. The summed E-state index contributed by atoms with van der Waals surface area (Å²) in [6.07, 6.45) is 21.1. The standard InChI is InChI=1S/C29H51NO4/c1-2-3-4-5-6-7-8-9-10-11-12-13-14-15-16-20-23-33-26-28(24-31)30-29(32)34-25-27-21-18-17-19-22-27/h17-19,21-22,28,31H,2-16,20,23-26H2,1H3,(H,30,32)/t28-/m0/s1. The number of carbonyl (C=O) groups excluding carboxylic acids is 1. The maximum Gasteiger partial charge on any atom is 0.407 e. The summed E-state index contributed by atoms with van der Waals surface area (Å²) >= 11 is 0. The first kappa shape index (κ1) is 30.4. The van der Waals surface area contributed by atoms with Crippen molar-refractivity contribution in [3.05, 3.63) is 35.9 Å². The summed E-state index contributed by atoms with van der Waals surface area (Å²) in [5, 5.41) is 12.1. The zero-order chi connectivity index (χ0) is 24.5. The lowest BCUT2D eigenvalue weighted by molar-refractivity contribution is 0.0769. The highest BCUT2D eigenvalue weighted by Crippen LogP contribution is 2.13. The van der Waals surface area contributed by atoms with Crippen molar-refractivity contribution in [3.63, 3.8) is 0 Å². The minimum atomic E-state index is -0.533. The van der Waals surface area contributed by atoms with Crippen molar-refractivity contribution in [2.45, 2.75) is 122 Å². The van der Waals surface area contributed by atoms with Gasteiger partial charge in [0.05, 0.1) is 19.3 Å². The maximum absolute atomic E-state index is 11.9. The smallest absolute Gasteiger partial charge is 0.407 e. The van der Waals surface area contributed by atoms with Crippen LogP contribution in [0, 0.1) is 0 Å². The summed E-state index contributed by atoms with van der Waals surface area (Å²) in [5.74, 6) is 0. The predicted molar refractivity (Wildman–Crippen MR) is 141 cm³/mol. The number of hydrogen-bond donors (Lipinski definition) is 2. The Morgan fingerprint density at radius 2 is 1.29 bits per heavy atom. The third-order valence-electron chi connectivity index (χ3n) is 6.22. The Morgan fingerprint density at radius 1 is 0.794 bits per heavy atom. The van der Waals surface area contributed by atoms with E-state index in [4.69, 9.17) is 9.47 Å². The summed E-state index contributed by atoms with van der Waals surface area (Å²) in [5.41, 5.74) is 0.929. The van der Waals surface area contributed by atoms with E-state index < -0.39 is 12.1 Å². The Bertz CT molecular complexity index is 567. The molecule has 0 unspecified atom stereocenters. The molecule has 1 rings (SSSR count). The summed E-state index contributed by atoms with van der Waals surface area (Å²) < 4.78 is 10.8. The Hall–Kier alpha value is -1.59. The molecule has 1 amide bonds. The highest BCUT2D eigenvalue weighted by atomic mass is 16.5. The van der Waals surface area contributed by atoms with Crippen molar-refractivity contribution in [2.24, 2.45) is 0 Å². The monoisotopic (exact) mass is 477 g/mol. The molecule has 0 radical (unpaired) electrons. The minimum Gasteiger partial charge on any atom is -0.445 e.